The Bertz CT molecular complexity index is 395. The first kappa shape index (κ1) is 12.5. The van der Waals surface area contributed by atoms with Crippen LogP contribution in [0.2, 0.25) is 0 Å². The highest BCUT2D eigenvalue weighted by atomic mass is 16.1. The van der Waals surface area contributed by atoms with E-state index in [1.165, 1.54) is 5.56 Å². The van der Waals surface area contributed by atoms with E-state index in [1.807, 2.05) is 39.0 Å². The van der Waals surface area contributed by atoms with Crippen molar-refractivity contribution in [2.24, 2.45) is 0 Å². The summed E-state index contributed by atoms with van der Waals surface area (Å²) in [4.78, 5) is 11.6. The lowest BCUT2D eigenvalue weighted by Gasteiger charge is -2.15. The molecule has 0 saturated carbocycles. The van der Waals surface area contributed by atoms with Gasteiger partial charge in [-0.3, -0.25) is 4.79 Å². The summed E-state index contributed by atoms with van der Waals surface area (Å²) in [6.45, 7) is 9.68. The second-order valence-electron chi connectivity index (χ2n) is 4.07. The van der Waals surface area contributed by atoms with Crippen molar-refractivity contribution in [2.45, 2.75) is 33.2 Å². The van der Waals surface area contributed by atoms with Crippen LogP contribution in [0.4, 0.5) is 0 Å². The molecule has 0 aliphatic carbocycles. The third-order valence-electron chi connectivity index (χ3n) is 2.64. The van der Waals surface area contributed by atoms with Gasteiger partial charge < -0.3 is 5.32 Å². The van der Waals surface area contributed by atoms with Crippen molar-refractivity contribution in [1.82, 2.24) is 5.32 Å². The molecule has 0 aliphatic heterocycles. The van der Waals surface area contributed by atoms with E-state index >= 15 is 0 Å². The predicted molar refractivity (Wildman–Crippen MR) is 67.2 cm³/mol. The quantitative estimate of drug-likeness (QED) is 0.771. The molecule has 0 saturated heterocycles. The number of carbonyl (C=O) groups is 1. The van der Waals surface area contributed by atoms with Gasteiger partial charge in [0.2, 0.25) is 5.91 Å². The first-order chi connectivity index (χ1) is 7.54. The van der Waals surface area contributed by atoms with Crippen LogP contribution in [0.5, 0.6) is 0 Å². The largest absolute Gasteiger partial charge is 0.346 e. The Balaban J connectivity index is 2.69. The number of hydrogen-bond donors (Lipinski definition) is 1. The number of amides is 1. The fraction of sp³-hybridized carbons (Fsp3) is 0.357. The molecule has 1 aromatic carbocycles. The Morgan fingerprint density at radius 3 is 2.75 bits per heavy atom. The van der Waals surface area contributed by atoms with E-state index in [1.54, 1.807) is 0 Å². The third kappa shape index (κ3) is 3.23. The lowest BCUT2D eigenvalue weighted by atomic mass is 10.1. The Morgan fingerprint density at radius 1 is 1.50 bits per heavy atom. The Kier molecular flexibility index (Phi) is 4.29. The van der Waals surface area contributed by atoms with Crippen molar-refractivity contribution in [2.75, 3.05) is 0 Å². The molecule has 86 valence electrons. The third-order valence-corrected chi connectivity index (χ3v) is 2.64. The average molecular weight is 217 g/mol. The van der Waals surface area contributed by atoms with E-state index in [0.29, 0.717) is 12.0 Å². The molecule has 1 N–H and O–H groups in total. The van der Waals surface area contributed by atoms with Crippen molar-refractivity contribution in [1.29, 1.82) is 0 Å². The van der Waals surface area contributed by atoms with Crippen molar-refractivity contribution in [3.8, 4) is 0 Å². The van der Waals surface area contributed by atoms with Gasteiger partial charge in [-0.05, 0) is 25.8 Å². The van der Waals surface area contributed by atoms with Gasteiger partial charge in [0, 0.05) is 5.57 Å². The van der Waals surface area contributed by atoms with E-state index in [9.17, 15) is 4.79 Å². The molecule has 1 rings (SSSR count). The highest BCUT2D eigenvalue weighted by Crippen LogP contribution is 2.14. The van der Waals surface area contributed by atoms with Gasteiger partial charge in [-0.25, -0.2) is 0 Å². The van der Waals surface area contributed by atoms with Crippen molar-refractivity contribution in [3.05, 3.63) is 47.5 Å². The first-order valence-electron chi connectivity index (χ1n) is 5.59. The highest BCUT2D eigenvalue weighted by Gasteiger charge is 2.10. The lowest BCUT2D eigenvalue weighted by Crippen LogP contribution is -2.27. The number of aryl methyl sites for hydroxylation is 1. The molecule has 0 aromatic heterocycles. The summed E-state index contributed by atoms with van der Waals surface area (Å²) in [6.07, 6.45) is 0.687. The van der Waals surface area contributed by atoms with Gasteiger partial charge in [-0.2, -0.15) is 0 Å². The van der Waals surface area contributed by atoms with Crippen molar-refractivity contribution < 1.29 is 4.79 Å². The SMILES string of the molecule is C=C(CC)C(=O)NC(C)c1cccc(C)c1. The van der Waals surface area contributed by atoms with E-state index in [2.05, 4.69) is 18.0 Å². The van der Waals surface area contributed by atoms with Crippen LogP contribution in [0.1, 0.15) is 37.4 Å². The molecule has 1 atom stereocenters. The minimum Gasteiger partial charge on any atom is -0.346 e. The predicted octanol–water partition coefficient (Wildman–Crippen LogP) is 3.14. The molecule has 2 nitrogen and oxygen atoms in total. The molecule has 1 amide bonds. The zero-order valence-electron chi connectivity index (χ0n) is 10.2. The monoisotopic (exact) mass is 217 g/mol. The Labute approximate surface area is 97.4 Å². The van der Waals surface area contributed by atoms with Crippen molar-refractivity contribution in [3.63, 3.8) is 0 Å². The summed E-state index contributed by atoms with van der Waals surface area (Å²) in [7, 11) is 0. The summed E-state index contributed by atoms with van der Waals surface area (Å²) in [5.41, 5.74) is 2.95. The van der Waals surface area contributed by atoms with Crippen molar-refractivity contribution >= 4 is 5.91 Å². The maximum absolute atomic E-state index is 11.6. The zero-order chi connectivity index (χ0) is 12.1. The second kappa shape index (κ2) is 5.50. The highest BCUT2D eigenvalue weighted by molar-refractivity contribution is 5.92. The maximum Gasteiger partial charge on any atom is 0.247 e. The minimum atomic E-state index is -0.0588. The van der Waals surface area contributed by atoms with Gasteiger partial charge in [-0.1, -0.05) is 43.3 Å². The van der Waals surface area contributed by atoms with Crippen LogP contribution in [-0.2, 0) is 4.79 Å². The molecule has 1 unspecified atom stereocenters. The van der Waals surface area contributed by atoms with Gasteiger partial charge in [-0.15, -0.1) is 0 Å². The van der Waals surface area contributed by atoms with E-state index in [-0.39, 0.29) is 11.9 Å². The fourth-order valence-electron chi connectivity index (χ4n) is 1.48. The fourth-order valence-corrected chi connectivity index (χ4v) is 1.48. The lowest BCUT2D eigenvalue weighted by molar-refractivity contribution is -0.118. The average Bonchev–Trinajstić information content (AvgIpc) is 2.27. The standard InChI is InChI=1S/C14H19NO/c1-5-11(3)14(16)15-12(4)13-8-6-7-10(2)9-13/h6-9,12H,3,5H2,1-2,4H3,(H,15,16). The van der Waals surface area contributed by atoms with Gasteiger partial charge in [0.25, 0.3) is 0 Å². The minimum absolute atomic E-state index is 0.0238. The topological polar surface area (TPSA) is 29.1 Å². The summed E-state index contributed by atoms with van der Waals surface area (Å²) >= 11 is 0. The molecule has 1 aromatic rings. The van der Waals surface area contributed by atoms with Crippen LogP contribution < -0.4 is 5.32 Å². The van der Waals surface area contributed by atoms with Crippen LogP contribution >= 0.6 is 0 Å². The Morgan fingerprint density at radius 2 is 2.19 bits per heavy atom. The van der Waals surface area contributed by atoms with E-state index < -0.39 is 0 Å². The van der Waals surface area contributed by atoms with Gasteiger partial charge in [0.1, 0.15) is 0 Å². The molecule has 0 fully saturated rings. The summed E-state index contributed by atoms with van der Waals surface area (Å²) in [6, 6.07) is 8.17. The number of hydrogen-bond acceptors (Lipinski definition) is 1. The van der Waals surface area contributed by atoms with Crippen LogP contribution in [0.25, 0.3) is 0 Å². The molecule has 2 heteroatoms. The van der Waals surface area contributed by atoms with Gasteiger partial charge in [0.15, 0.2) is 0 Å². The van der Waals surface area contributed by atoms with E-state index in [4.69, 9.17) is 0 Å². The molecule has 0 spiro atoms. The molecule has 0 bridgehead atoms. The Hall–Kier alpha value is -1.57. The normalized spacial score (nSPS) is 11.9. The summed E-state index contributed by atoms with van der Waals surface area (Å²) in [5.74, 6) is -0.0588. The van der Waals surface area contributed by atoms with Crippen LogP contribution in [0, 0.1) is 6.92 Å². The molecule has 16 heavy (non-hydrogen) atoms. The number of rotatable bonds is 4. The van der Waals surface area contributed by atoms with Crippen LogP contribution in [0.15, 0.2) is 36.4 Å². The molecule has 0 heterocycles. The maximum atomic E-state index is 11.6. The van der Waals surface area contributed by atoms with Crippen LogP contribution in [-0.4, -0.2) is 5.91 Å². The van der Waals surface area contributed by atoms with E-state index in [0.717, 1.165) is 5.56 Å². The molecule has 0 radical (unpaired) electrons. The molecule has 0 aliphatic rings. The summed E-state index contributed by atoms with van der Waals surface area (Å²) < 4.78 is 0. The second-order valence-corrected chi connectivity index (χ2v) is 4.07. The number of carbonyl (C=O) groups excluding carboxylic acids is 1. The summed E-state index contributed by atoms with van der Waals surface area (Å²) in [5, 5.41) is 2.94. The zero-order valence-corrected chi connectivity index (χ0v) is 10.2. The number of benzene rings is 1. The smallest absolute Gasteiger partial charge is 0.247 e. The number of nitrogens with one attached hydrogen (secondary N) is 1. The van der Waals surface area contributed by atoms with Gasteiger partial charge in [0.05, 0.1) is 6.04 Å². The van der Waals surface area contributed by atoms with Gasteiger partial charge >= 0.3 is 0 Å². The molecular weight excluding hydrogens is 198 g/mol. The van der Waals surface area contributed by atoms with Crippen LogP contribution in [0.3, 0.4) is 0 Å². The first-order valence-corrected chi connectivity index (χ1v) is 5.59. The molecular formula is C14H19NO.